The van der Waals surface area contributed by atoms with Crippen LogP contribution in [0, 0.1) is 12.8 Å². The summed E-state index contributed by atoms with van der Waals surface area (Å²) in [4.78, 5) is 53.1. The SMILES string of the molecule is COc1ccc2c(OC3CC4C(=O)NC5(C(=O)NS(=O)(=O)C(C)C)CC5C=CCCCCOC(C)C(=O)N4C3)cc(-c3nc(C(C)C)cs3)nc2c1C. The molecule has 2 N–H and O–H groups in total. The molecule has 5 unspecified atom stereocenters. The highest BCUT2D eigenvalue weighted by Crippen LogP contribution is 2.46. The number of rotatable bonds is 8. The van der Waals surface area contributed by atoms with E-state index in [1.807, 2.05) is 42.7 Å². The summed E-state index contributed by atoms with van der Waals surface area (Å²) < 4.78 is 45.9. The lowest BCUT2D eigenvalue weighted by Gasteiger charge is -2.28. The number of pyridine rings is 1. The predicted molar refractivity (Wildman–Crippen MR) is 202 cm³/mol. The first-order chi connectivity index (χ1) is 25.1. The van der Waals surface area contributed by atoms with Gasteiger partial charge in [0.15, 0.2) is 0 Å². The van der Waals surface area contributed by atoms with Crippen LogP contribution in [0.3, 0.4) is 0 Å². The van der Waals surface area contributed by atoms with Gasteiger partial charge in [-0.25, -0.2) is 18.4 Å². The van der Waals surface area contributed by atoms with Crippen LogP contribution in [0.2, 0.25) is 0 Å². The first-order valence-electron chi connectivity index (χ1n) is 18.2. The average Bonchev–Trinajstić information content (AvgIpc) is 3.41. The molecule has 286 valence electrons. The Hall–Kier alpha value is -4.08. The highest BCUT2D eigenvalue weighted by atomic mass is 32.2. The number of allylic oxidation sites excluding steroid dienone is 1. The number of methoxy groups -OCH3 is 1. The molecule has 13 nitrogen and oxygen atoms in total. The van der Waals surface area contributed by atoms with Crippen LogP contribution in [0.1, 0.15) is 83.9 Å². The maximum absolute atomic E-state index is 14.3. The van der Waals surface area contributed by atoms with E-state index in [-0.39, 0.29) is 31.2 Å². The van der Waals surface area contributed by atoms with Gasteiger partial charge in [0.1, 0.15) is 46.0 Å². The van der Waals surface area contributed by atoms with E-state index in [1.165, 1.54) is 30.1 Å². The summed E-state index contributed by atoms with van der Waals surface area (Å²) >= 11 is 1.50. The van der Waals surface area contributed by atoms with Crippen LogP contribution < -0.4 is 19.5 Å². The van der Waals surface area contributed by atoms with E-state index in [4.69, 9.17) is 24.2 Å². The molecule has 1 saturated carbocycles. The van der Waals surface area contributed by atoms with E-state index >= 15 is 0 Å². The summed E-state index contributed by atoms with van der Waals surface area (Å²) in [6, 6.07) is 4.56. The molecule has 4 heterocycles. The number of ether oxygens (including phenoxy) is 3. The Morgan fingerprint density at radius 1 is 1.15 bits per heavy atom. The van der Waals surface area contributed by atoms with E-state index in [2.05, 4.69) is 23.9 Å². The number of fused-ring (bicyclic) bond motifs is 3. The predicted octanol–water partition coefficient (Wildman–Crippen LogP) is 5.02. The summed E-state index contributed by atoms with van der Waals surface area (Å²) in [5, 5.41) is 5.53. The van der Waals surface area contributed by atoms with Gasteiger partial charge in [0.05, 0.1) is 30.1 Å². The number of nitrogens with zero attached hydrogens (tertiary/aromatic N) is 3. The quantitative estimate of drug-likeness (QED) is 0.297. The Bertz CT molecular complexity index is 2030. The van der Waals surface area contributed by atoms with Crippen molar-refractivity contribution in [3.8, 4) is 22.2 Å². The smallest absolute Gasteiger partial charge is 0.259 e. The zero-order chi connectivity index (χ0) is 38.2. The van der Waals surface area contributed by atoms with E-state index in [0.717, 1.165) is 34.5 Å². The molecule has 2 fully saturated rings. The highest BCUT2D eigenvalue weighted by molar-refractivity contribution is 7.90. The molecule has 53 heavy (non-hydrogen) atoms. The molecular weight excluding hydrogens is 719 g/mol. The highest BCUT2D eigenvalue weighted by Gasteiger charge is 2.61. The van der Waals surface area contributed by atoms with Gasteiger partial charge in [-0.05, 0) is 71.4 Å². The Kier molecular flexibility index (Phi) is 11.2. The maximum atomic E-state index is 14.3. The van der Waals surface area contributed by atoms with Crippen molar-refractivity contribution in [3.63, 3.8) is 0 Å². The van der Waals surface area contributed by atoms with Crippen molar-refractivity contribution in [2.24, 2.45) is 5.92 Å². The van der Waals surface area contributed by atoms with E-state index in [1.54, 1.807) is 14.0 Å². The number of hydrogen-bond donors (Lipinski definition) is 2. The lowest BCUT2D eigenvalue weighted by molar-refractivity contribution is -0.147. The van der Waals surface area contributed by atoms with Crippen LogP contribution in [-0.4, -0.2) is 90.3 Å². The molecule has 0 radical (unpaired) electrons. The molecule has 2 aliphatic heterocycles. The Balaban J connectivity index is 1.35. The van der Waals surface area contributed by atoms with Crippen LogP contribution in [-0.2, 0) is 29.1 Å². The Labute approximate surface area is 314 Å². The zero-order valence-electron chi connectivity index (χ0n) is 31.3. The lowest BCUT2D eigenvalue weighted by atomic mass is 10.1. The molecule has 0 spiro atoms. The zero-order valence-corrected chi connectivity index (χ0v) is 32.9. The maximum Gasteiger partial charge on any atom is 0.259 e. The second-order valence-corrected chi connectivity index (χ2v) is 17.8. The van der Waals surface area contributed by atoms with Crippen LogP contribution in [0.25, 0.3) is 21.6 Å². The van der Waals surface area contributed by atoms with Crippen molar-refractivity contribution in [1.29, 1.82) is 0 Å². The van der Waals surface area contributed by atoms with Crippen molar-refractivity contribution >= 4 is 50.0 Å². The monoisotopic (exact) mass is 767 g/mol. The van der Waals surface area contributed by atoms with Gasteiger partial charge in [-0.3, -0.25) is 19.1 Å². The number of thiazole rings is 1. The third kappa shape index (κ3) is 7.92. The van der Waals surface area contributed by atoms with Crippen LogP contribution >= 0.6 is 11.3 Å². The van der Waals surface area contributed by atoms with Gasteiger partial charge in [-0.15, -0.1) is 11.3 Å². The number of aryl methyl sites for hydroxylation is 1. The first kappa shape index (κ1) is 38.6. The molecule has 3 aromatic rings. The fraction of sp³-hybridized carbons (Fsp3) is 0.553. The van der Waals surface area contributed by atoms with Gasteiger partial charge in [-0.1, -0.05) is 26.0 Å². The van der Waals surface area contributed by atoms with Crippen LogP contribution in [0.4, 0.5) is 0 Å². The van der Waals surface area contributed by atoms with Crippen molar-refractivity contribution in [2.45, 2.75) is 109 Å². The largest absolute Gasteiger partial charge is 0.496 e. The van der Waals surface area contributed by atoms with Gasteiger partial charge in [0.2, 0.25) is 15.9 Å². The summed E-state index contributed by atoms with van der Waals surface area (Å²) in [5.74, 6) is -0.704. The molecule has 6 rings (SSSR count). The fourth-order valence-corrected chi connectivity index (χ4v) is 8.46. The normalized spacial score (nSPS) is 25.4. The summed E-state index contributed by atoms with van der Waals surface area (Å²) in [6.07, 6.45) is 4.95. The second kappa shape index (κ2) is 15.3. The van der Waals surface area contributed by atoms with E-state index in [0.29, 0.717) is 35.7 Å². The molecule has 2 aromatic heterocycles. The summed E-state index contributed by atoms with van der Waals surface area (Å²) in [6.45, 7) is 11.2. The standard InChI is InChI=1S/C38H49N5O8S2/c1-21(2)29-20-52-35(40-29)28-17-32(27-13-14-31(49-7)23(5)33(27)39-28)51-26-16-30-34(44)41-38(37(46)42-53(47,48)22(3)4)18-25(38)12-10-8-9-11-15-50-24(6)36(45)43(30)19-26/h10,12-14,17,20-22,24-26,30H,8-9,11,15-16,18-19H2,1-7H3,(H,41,44)(H,42,46). The molecule has 1 saturated heterocycles. The minimum Gasteiger partial charge on any atom is -0.496 e. The molecular formula is C38H49N5O8S2. The number of nitrogens with one attached hydrogen (secondary N) is 2. The van der Waals surface area contributed by atoms with E-state index in [9.17, 15) is 22.8 Å². The minimum atomic E-state index is -3.96. The van der Waals surface area contributed by atoms with E-state index < -0.39 is 56.8 Å². The number of carbonyl (C=O) groups excluding carboxylic acids is 3. The Morgan fingerprint density at radius 2 is 1.92 bits per heavy atom. The summed E-state index contributed by atoms with van der Waals surface area (Å²) in [7, 11) is -2.36. The molecule has 0 bridgehead atoms. The van der Waals surface area contributed by atoms with Crippen LogP contribution in [0.5, 0.6) is 11.5 Å². The third-order valence-electron chi connectivity index (χ3n) is 10.3. The van der Waals surface area contributed by atoms with Gasteiger partial charge < -0.3 is 24.4 Å². The number of benzene rings is 1. The van der Waals surface area contributed by atoms with Crippen molar-refractivity contribution in [3.05, 3.63) is 47.0 Å². The molecule has 15 heteroatoms. The number of hydrogen-bond acceptors (Lipinski definition) is 11. The topological polar surface area (TPSA) is 166 Å². The van der Waals surface area contributed by atoms with Crippen molar-refractivity contribution in [2.75, 3.05) is 20.3 Å². The molecule has 3 amide bonds. The second-order valence-electron chi connectivity index (χ2n) is 14.7. The molecule has 1 aliphatic carbocycles. The lowest BCUT2D eigenvalue weighted by Crippen LogP contribution is -2.57. The average molecular weight is 768 g/mol. The number of carbonyl (C=O) groups is 3. The van der Waals surface area contributed by atoms with Gasteiger partial charge in [-0.2, -0.15) is 0 Å². The Morgan fingerprint density at radius 3 is 2.62 bits per heavy atom. The van der Waals surface area contributed by atoms with Crippen molar-refractivity contribution < 1.29 is 37.0 Å². The number of sulfonamides is 1. The first-order valence-corrected chi connectivity index (χ1v) is 20.6. The number of aromatic nitrogens is 2. The molecule has 5 atom stereocenters. The number of amides is 3. The van der Waals surface area contributed by atoms with Crippen LogP contribution in [0.15, 0.2) is 35.7 Å². The van der Waals surface area contributed by atoms with Crippen molar-refractivity contribution in [1.82, 2.24) is 24.9 Å². The fourth-order valence-electron chi connectivity index (χ4n) is 6.84. The minimum absolute atomic E-state index is 0.0813. The molecule has 1 aromatic carbocycles. The third-order valence-corrected chi connectivity index (χ3v) is 12.9. The van der Waals surface area contributed by atoms with Gasteiger partial charge >= 0.3 is 0 Å². The van der Waals surface area contributed by atoms with Gasteiger partial charge in [0, 0.05) is 41.3 Å². The summed E-state index contributed by atoms with van der Waals surface area (Å²) in [5.41, 5.74) is 1.62. The molecule has 3 aliphatic rings. The van der Waals surface area contributed by atoms with Gasteiger partial charge in [0.25, 0.3) is 11.8 Å².